The minimum atomic E-state index is 0.657. The zero-order valence-electron chi connectivity index (χ0n) is 11.9. The van der Waals surface area contributed by atoms with Crippen LogP contribution in [0, 0.1) is 0 Å². The molecule has 1 aliphatic carbocycles. The lowest BCUT2D eigenvalue weighted by Gasteiger charge is -2.32. The number of rotatable bonds is 3. The fourth-order valence-electron chi connectivity index (χ4n) is 3.17. The first-order chi connectivity index (χ1) is 9.86. The molecule has 108 valence electrons. The Hall–Kier alpha value is -1.65. The zero-order valence-corrected chi connectivity index (χ0v) is 11.9. The van der Waals surface area contributed by atoms with Crippen molar-refractivity contribution in [2.75, 3.05) is 31.1 Å². The molecule has 0 aromatic carbocycles. The highest BCUT2D eigenvalue weighted by atomic mass is 16.1. The zero-order chi connectivity index (χ0) is 13.8. The smallest absolute Gasteiger partial charge is 0.225 e. The van der Waals surface area contributed by atoms with Crippen LogP contribution < -0.4 is 4.90 Å². The van der Waals surface area contributed by atoms with Crippen molar-refractivity contribution in [2.24, 2.45) is 0 Å². The normalized spacial score (nSPS) is 21.0. The van der Waals surface area contributed by atoms with Crippen LogP contribution in [0.3, 0.4) is 0 Å². The van der Waals surface area contributed by atoms with E-state index < -0.39 is 0 Å². The van der Waals surface area contributed by atoms with Crippen LogP contribution in [0.25, 0.3) is 0 Å². The second-order valence-corrected chi connectivity index (χ2v) is 5.78. The molecule has 0 N–H and O–H groups in total. The van der Waals surface area contributed by atoms with E-state index in [0.717, 1.165) is 38.5 Å². The van der Waals surface area contributed by atoms with E-state index in [1.165, 1.54) is 37.7 Å². The lowest BCUT2D eigenvalue weighted by atomic mass is 9.85. The molecule has 20 heavy (non-hydrogen) atoms. The van der Waals surface area contributed by atoms with E-state index >= 15 is 0 Å². The molecule has 1 saturated carbocycles. The van der Waals surface area contributed by atoms with Crippen molar-refractivity contribution in [3.8, 4) is 0 Å². The fraction of sp³-hybridized carbons (Fsp3) is 0.667. The minimum Gasteiger partial charge on any atom is -0.342 e. The van der Waals surface area contributed by atoms with Gasteiger partial charge in [0.2, 0.25) is 12.4 Å². The average molecular weight is 274 g/mol. The highest BCUT2D eigenvalue weighted by molar-refractivity contribution is 5.48. The fourth-order valence-corrected chi connectivity index (χ4v) is 3.17. The molecule has 5 heteroatoms. The van der Waals surface area contributed by atoms with Gasteiger partial charge in [0.15, 0.2) is 0 Å². The summed E-state index contributed by atoms with van der Waals surface area (Å²) in [5.41, 5.74) is 1.29. The number of hydrogen-bond acceptors (Lipinski definition) is 4. The number of amides is 1. The van der Waals surface area contributed by atoms with Gasteiger partial charge < -0.3 is 9.80 Å². The van der Waals surface area contributed by atoms with Crippen molar-refractivity contribution >= 4 is 12.4 Å². The van der Waals surface area contributed by atoms with Crippen molar-refractivity contribution in [1.29, 1.82) is 0 Å². The number of hydrogen-bond donors (Lipinski definition) is 0. The van der Waals surface area contributed by atoms with Gasteiger partial charge >= 0.3 is 0 Å². The van der Waals surface area contributed by atoms with Gasteiger partial charge in [-0.05, 0) is 24.3 Å². The Morgan fingerprint density at radius 2 is 1.65 bits per heavy atom. The van der Waals surface area contributed by atoms with E-state index in [-0.39, 0.29) is 0 Å². The second-order valence-electron chi connectivity index (χ2n) is 5.78. The van der Waals surface area contributed by atoms with Crippen molar-refractivity contribution in [3.05, 3.63) is 18.0 Å². The first-order valence-electron chi connectivity index (χ1n) is 7.63. The molecule has 2 heterocycles. The molecule has 1 aromatic rings. The number of anilines is 1. The highest BCUT2D eigenvalue weighted by Gasteiger charge is 2.19. The van der Waals surface area contributed by atoms with Crippen molar-refractivity contribution in [2.45, 2.75) is 38.0 Å². The number of piperazine rings is 1. The molecular weight excluding hydrogens is 252 g/mol. The van der Waals surface area contributed by atoms with E-state index in [4.69, 9.17) is 0 Å². The van der Waals surface area contributed by atoms with Gasteiger partial charge in [0.25, 0.3) is 0 Å². The van der Waals surface area contributed by atoms with Gasteiger partial charge in [-0.3, -0.25) is 4.79 Å². The van der Waals surface area contributed by atoms with E-state index in [2.05, 4.69) is 14.9 Å². The largest absolute Gasteiger partial charge is 0.342 e. The highest BCUT2D eigenvalue weighted by Crippen LogP contribution is 2.32. The summed E-state index contributed by atoms with van der Waals surface area (Å²) in [6.45, 7) is 3.16. The first-order valence-corrected chi connectivity index (χ1v) is 7.63. The molecule has 0 bridgehead atoms. The molecular formula is C15H22N4O. The maximum absolute atomic E-state index is 10.7. The standard InChI is InChI=1S/C15H22N4O/c20-12-18-6-8-19(9-7-18)15-16-10-14(11-17-15)13-4-2-1-3-5-13/h10-13H,1-9H2. The number of carbonyl (C=O) groups excluding carboxylic acids is 1. The van der Waals surface area contributed by atoms with E-state index in [9.17, 15) is 4.79 Å². The molecule has 1 amide bonds. The van der Waals surface area contributed by atoms with Crippen LogP contribution in [0.5, 0.6) is 0 Å². The van der Waals surface area contributed by atoms with Crippen LogP contribution in [-0.2, 0) is 4.79 Å². The topological polar surface area (TPSA) is 49.3 Å². The van der Waals surface area contributed by atoms with E-state index in [1.54, 1.807) is 4.90 Å². The van der Waals surface area contributed by atoms with Crippen molar-refractivity contribution < 1.29 is 4.79 Å². The molecule has 2 fully saturated rings. The summed E-state index contributed by atoms with van der Waals surface area (Å²) in [7, 11) is 0. The molecule has 5 nitrogen and oxygen atoms in total. The molecule has 2 aliphatic rings. The second kappa shape index (κ2) is 6.20. The van der Waals surface area contributed by atoms with Crippen LogP contribution in [-0.4, -0.2) is 47.5 Å². The maximum Gasteiger partial charge on any atom is 0.225 e. The van der Waals surface area contributed by atoms with Crippen LogP contribution in [0.1, 0.15) is 43.6 Å². The Balaban J connectivity index is 1.62. The predicted octanol–water partition coefficient (Wildman–Crippen LogP) is 1.80. The van der Waals surface area contributed by atoms with Crippen LogP contribution >= 0.6 is 0 Å². The molecule has 3 rings (SSSR count). The third kappa shape index (κ3) is 2.92. The summed E-state index contributed by atoms with van der Waals surface area (Å²) < 4.78 is 0. The van der Waals surface area contributed by atoms with Crippen molar-refractivity contribution in [1.82, 2.24) is 14.9 Å². The molecule has 0 atom stereocenters. The molecule has 0 unspecified atom stereocenters. The lowest BCUT2D eigenvalue weighted by molar-refractivity contribution is -0.118. The quantitative estimate of drug-likeness (QED) is 0.789. The van der Waals surface area contributed by atoms with Gasteiger partial charge in [0, 0.05) is 38.6 Å². The Morgan fingerprint density at radius 1 is 1.00 bits per heavy atom. The van der Waals surface area contributed by atoms with Crippen molar-refractivity contribution in [3.63, 3.8) is 0 Å². The first kappa shape index (κ1) is 13.3. The third-order valence-electron chi connectivity index (χ3n) is 4.48. The minimum absolute atomic E-state index is 0.657. The van der Waals surface area contributed by atoms with Gasteiger partial charge in [0.05, 0.1) is 0 Å². The Kier molecular flexibility index (Phi) is 4.14. The Morgan fingerprint density at radius 3 is 2.25 bits per heavy atom. The molecule has 1 aliphatic heterocycles. The predicted molar refractivity (Wildman–Crippen MR) is 77.7 cm³/mol. The van der Waals surface area contributed by atoms with Gasteiger partial charge in [-0.2, -0.15) is 0 Å². The van der Waals surface area contributed by atoms with Crippen LogP contribution in [0.15, 0.2) is 12.4 Å². The average Bonchev–Trinajstić information content (AvgIpc) is 2.56. The SMILES string of the molecule is O=CN1CCN(c2ncc(C3CCCCC3)cn2)CC1. The number of aromatic nitrogens is 2. The lowest BCUT2D eigenvalue weighted by Crippen LogP contribution is -2.46. The monoisotopic (exact) mass is 274 g/mol. The third-order valence-corrected chi connectivity index (χ3v) is 4.48. The Bertz CT molecular complexity index is 434. The summed E-state index contributed by atoms with van der Waals surface area (Å²) in [6.07, 6.45) is 11.5. The summed E-state index contributed by atoms with van der Waals surface area (Å²) in [5, 5.41) is 0. The van der Waals surface area contributed by atoms with Gasteiger partial charge in [-0.1, -0.05) is 19.3 Å². The van der Waals surface area contributed by atoms with Gasteiger partial charge in [0.1, 0.15) is 0 Å². The van der Waals surface area contributed by atoms with Gasteiger partial charge in [-0.25, -0.2) is 9.97 Å². The molecule has 1 aromatic heterocycles. The molecule has 1 saturated heterocycles. The van der Waals surface area contributed by atoms with E-state index in [1.807, 2.05) is 12.4 Å². The summed E-state index contributed by atoms with van der Waals surface area (Å²) >= 11 is 0. The summed E-state index contributed by atoms with van der Waals surface area (Å²) in [4.78, 5) is 23.7. The maximum atomic E-state index is 10.7. The van der Waals surface area contributed by atoms with Gasteiger partial charge in [-0.15, -0.1) is 0 Å². The van der Waals surface area contributed by atoms with Crippen LogP contribution in [0.2, 0.25) is 0 Å². The van der Waals surface area contributed by atoms with E-state index in [0.29, 0.717) is 5.92 Å². The Labute approximate surface area is 120 Å². The number of carbonyl (C=O) groups is 1. The molecule has 0 radical (unpaired) electrons. The number of nitrogens with zero attached hydrogens (tertiary/aromatic N) is 4. The summed E-state index contributed by atoms with van der Waals surface area (Å²) in [6, 6.07) is 0. The summed E-state index contributed by atoms with van der Waals surface area (Å²) in [5.74, 6) is 1.46. The van der Waals surface area contributed by atoms with Crippen LogP contribution in [0.4, 0.5) is 5.95 Å². The molecule has 0 spiro atoms.